The molecule has 0 aliphatic rings. The molecule has 0 bridgehead atoms. The second kappa shape index (κ2) is 15.3. The third-order valence-electron chi connectivity index (χ3n) is 6.79. The Labute approximate surface area is 258 Å². The summed E-state index contributed by atoms with van der Waals surface area (Å²) in [5, 5.41) is 3.47. The van der Waals surface area contributed by atoms with Crippen LogP contribution in [-0.2, 0) is 26.2 Å². The molecule has 0 aliphatic carbocycles. The van der Waals surface area contributed by atoms with Crippen molar-refractivity contribution in [3.05, 3.63) is 83.4 Å². The Morgan fingerprint density at radius 2 is 1.62 bits per heavy atom. The standard InChI is InChI=1S/C31H38ClN3O5S2/c1-6-22(3)33-31(37)23(4)34(20-24-12-14-25(32)15-13-24)30(36)21-35(28-10-8-9-11-29(28)40-7-2)42(38,39)27-18-16-26(41-5)17-19-27/h8-19,22-23H,6-7,20-21H2,1-5H3,(H,33,37)/t22-,23-/m0/s1. The molecule has 2 amide bonds. The first-order chi connectivity index (χ1) is 20.0. The zero-order valence-electron chi connectivity index (χ0n) is 24.5. The number of benzene rings is 3. The summed E-state index contributed by atoms with van der Waals surface area (Å²) in [6.07, 6.45) is 2.62. The number of amides is 2. The quantitative estimate of drug-likeness (QED) is 0.220. The van der Waals surface area contributed by atoms with Gasteiger partial charge in [-0.25, -0.2) is 8.42 Å². The Kier molecular flexibility index (Phi) is 12.1. The summed E-state index contributed by atoms with van der Waals surface area (Å²) < 4.78 is 35.1. The minimum Gasteiger partial charge on any atom is -0.492 e. The van der Waals surface area contributed by atoms with Crippen molar-refractivity contribution in [1.82, 2.24) is 10.2 Å². The van der Waals surface area contributed by atoms with Gasteiger partial charge >= 0.3 is 0 Å². The Balaban J connectivity index is 2.07. The highest BCUT2D eigenvalue weighted by Gasteiger charge is 2.34. The molecule has 0 unspecified atom stereocenters. The molecular weight excluding hydrogens is 594 g/mol. The molecule has 8 nitrogen and oxygen atoms in total. The van der Waals surface area contributed by atoms with Crippen LogP contribution in [-0.4, -0.2) is 56.6 Å². The fraction of sp³-hybridized carbons (Fsp3) is 0.355. The predicted molar refractivity (Wildman–Crippen MR) is 170 cm³/mol. The van der Waals surface area contributed by atoms with Crippen LogP contribution in [0.25, 0.3) is 0 Å². The topological polar surface area (TPSA) is 96.0 Å². The lowest BCUT2D eigenvalue weighted by atomic mass is 10.1. The Morgan fingerprint density at radius 1 is 0.976 bits per heavy atom. The summed E-state index contributed by atoms with van der Waals surface area (Å²) in [7, 11) is -4.22. The Morgan fingerprint density at radius 3 is 2.21 bits per heavy atom. The fourth-order valence-electron chi connectivity index (χ4n) is 4.16. The predicted octanol–water partition coefficient (Wildman–Crippen LogP) is 5.99. The van der Waals surface area contributed by atoms with Crippen molar-refractivity contribution in [3.63, 3.8) is 0 Å². The number of carbonyl (C=O) groups excluding carboxylic acids is 2. The van der Waals surface area contributed by atoms with E-state index in [0.717, 1.165) is 21.2 Å². The van der Waals surface area contributed by atoms with Gasteiger partial charge in [0.05, 0.1) is 17.2 Å². The van der Waals surface area contributed by atoms with Crippen LogP contribution in [0.2, 0.25) is 5.02 Å². The van der Waals surface area contributed by atoms with Gasteiger partial charge in [0.1, 0.15) is 18.3 Å². The van der Waals surface area contributed by atoms with Gasteiger partial charge in [0.15, 0.2) is 0 Å². The van der Waals surface area contributed by atoms with Gasteiger partial charge in [0.25, 0.3) is 10.0 Å². The van der Waals surface area contributed by atoms with Crippen molar-refractivity contribution in [3.8, 4) is 5.75 Å². The van der Waals surface area contributed by atoms with E-state index in [-0.39, 0.29) is 29.1 Å². The molecule has 3 aromatic rings. The van der Waals surface area contributed by atoms with Gasteiger partial charge in [-0.05, 0) is 87.5 Å². The van der Waals surface area contributed by atoms with Crippen molar-refractivity contribution in [2.45, 2.75) is 62.5 Å². The lowest BCUT2D eigenvalue weighted by molar-refractivity contribution is -0.139. The first kappa shape index (κ1) is 33.3. The highest BCUT2D eigenvalue weighted by molar-refractivity contribution is 7.98. The number of halogens is 1. The number of hydrogen-bond donors (Lipinski definition) is 1. The number of anilines is 1. The molecule has 0 radical (unpaired) electrons. The van der Waals surface area contributed by atoms with Crippen molar-refractivity contribution in [1.29, 1.82) is 0 Å². The normalized spacial score (nSPS) is 12.7. The average molecular weight is 632 g/mol. The second-order valence-electron chi connectivity index (χ2n) is 9.73. The van der Waals surface area contributed by atoms with Crippen LogP contribution in [0, 0.1) is 0 Å². The van der Waals surface area contributed by atoms with Crippen LogP contribution in [0.15, 0.2) is 82.6 Å². The molecule has 1 N–H and O–H groups in total. The van der Waals surface area contributed by atoms with Gasteiger partial charge in [-0.3, -0.25) is 13.9 Å². The third-order valence-corrected chi connectivity index (χ3v) is 9.56. The molecule has 2 atom stereocenters. The van der Waals surface area contributed by atoms with Gasteiger partial charge in [0.2, 0.25) is 11.8 Å². The molecule has 0 saturated heterocycles. The molecule has 0 aliphatic heterocycles. The van der Waals surface area contributed by atoms with Gasteiger partial charge in [-0.1, -0.05) is 42.8 Å². The van der Waals surface area contributed by atoms with E-state index in [1.807, 2.05) is 20.1 Å². The Hall–Kier alpha value is -3.21. The smallest absolute Gasteiger partial charge is 0.264 e. The summed E-state index contributed by atoms with van der Waals surface area (Å²) in [6, 6.07) is 19.2. The molecule has 42 heavy (non-hydrogen) atoms. The molecule has 0 aromatic heterocycles. The summed E-state index contributed by atoms with van der Waals surface area (Å²) in [5.41, 5.74) is 0.970. The van der Waals surface area contributed by atoms with E-state index in [4.69, 9.17) is 16.3 Å². The van der Waals surface area contributed by atoms with Crippen LogP contribution in [0.1, 0.15) is 39.7 Å². The van der Waals surface area contributed by atoms with E-state index in [1.165, 1.54) is 28.8 Å². The maximum atomic E-state index is 14.1. The van der Waals surface area contributed by atoms with Crippen molar-refractivity contribution < 1.29 is 22.7 Å². The van der Waals surface area contributed by atoms with Gasteiger partial charge in [-0.2, -0.15) is 0 Å². The molecule has 226 valence electrons. The third kappa shape index (κ3) is 8.42. The van der Waals surface area contributed by atoms with E-state index < -0.39 is 28.5 Å². The number of rotatable bonds is 14. The second-order valence-corrected chi connectivity index (χ2v) is 12.9. The van der Waals surface area contributed by atoms with E-state index in [1.54, 1.807) is 74.5 Å². The number of thioether (sulfide) groups is 1. The lowest BCUT2D eigenvalue weighted by Gasteiger charge is -2.33. The van der Waals surface area contributed by atoms with Crippen LogP contribution in [0.3, 0.4) is 0 Å². The van der Waals surface area contributed by atoms with Crippen LogP contribution in [0.4, 0.5) is 5.69 Å². The minimum absolute atomic E-state index is 0.0335. The van der Waals surface area contributed by atoms with Crippen LogP contribution < -0.4 is 14.4 Å². The first-order valence-corrected chi connectivity index (χ1v) is 16.8. The molecule has 11 heteroatoms. The van der Waals surface area contributed by atoms with E-state index >= 15 is 0 Å². The molecule has 3 aromatic carbocycles. The van der Waals surface area contributed by atoms with E-state index in [2.05, 4.69) is 5.32 Å². The summed E-state index contributed by atoms with van der Waals surface area (Å²) in [4.78, 5) is 29.6. The molecular formula is C31H38ClN3O5S2. The van der Waals surface area contributed by atoms with E-state index in [0.29, 0.717) is 17.4 Å². The first-order valence-electron chi connectivity index (χ1n) is 13.7. The molecule has 3 rings (SSSR count). The van der Waals surface area contributed by atoms with E-state index in [9.17, 15) is 18.0 Å². The number of nitrogens with one attached hydrogen (secondary N) is 1. The van der Waals surface area contributed by atoms with Gasteiger partial charge < -0.3 is 15.0 Å². The van der Waals surface area contributed by atoms with Crippen molar-refractivity contribution in [2.24, 2.45) is 0 Å². The van der Waals surface area contributed by atoms with Gasteiger partial charge in [0, 0.05) is 22.5 Å². The van der Waals surface area contributed by atoms with Crippen LogP contribution in [0.5, 0.6) is 5.75 Å². The van der Waals surface area contributed by atoms with Crippen molar-refractivity contribution >= 4 is 50.9 Å². The number of sulfonamides is 1. The summed E-state index contributed by atoms with van der Waals surface area (Å²) >= 11 is 7.56. The number of carbonyl (C=O) groups is 2. The number of para-hydroxylation sites is 2. The number of ether oxygens (including phenoxy) is 1. The summed E-state index contributed by atoms with van der Waals surface area (Å²) in [6.45, 7) is 7.11. The van der Waals surface area contributed by atoms with Crippen molar-refractivity contribution in [2.75, 3.05) is 23.7 Å². The zero-order chi connectivity index (χ0) is 30.9. The SMILES string of the molecule is CCOc1ccccc1N(CC(=O)N(Cc1ccc(Cl)cc1)[C@@H](C)C(=O)N[C@@H](C)CC)S(=O)(=O)c1ccc(SC)cc1. The number of nitrogens with zero attached hydrogens (tertiary/aromatic N) is 2. The maximum Gasteiger partial charge on any atom is 0.264 e. The fourth-order valence-corrected chi connectivity index (χ4v) is 6.12. The largest absolute Gasteiger partial charge is 0.492 e. The zero-order valence-corrected chi connectivity index (χ0v) is 26.9. The van der Waals surface area contributed by atoms with Crippen LogP contribution >= 0.6 is 23.4 Å². The number of hydrogen-bond acceptors (Lipinski definition) is 6. The molecule has 0 heterocycles. The molecule has 0 spiro atoms. The van der Waals surface area contributed by atoms with Gasteiger partial charge in [-0.15, -0.1) is 11.8 Å². The lowest BCUT2D eigenvalue weighted by Crippen LogP contribution is -2.52. The average Bonchev–Trinajstić information content (AvgIpc) is 2.99. The highest BCUT2D eigenvalue weighted by atomic mass is 35.5. The minimum atomic E-state index is -4.22. The molecule has 0 saturated carbocycles. The monoisotopic (exact) mass is 631 g/mol. The maximum absolute atomic E-state index is 14.1. The highest BCUT2D eigenvalue weighted by Crippen LogP contribution is 2.33. The summed E-state index contributed by atoms with van der Waals surface area (Å²) in [5.74, 6) is -0.556. The Bertz CT molecular complexity index is 1450. The molecule has 0 fully saturated rings.